The Morgan fingerprint density at radius 2 is 1.88 bits per heavy atom. The van der Waals surface area contributed by atoms with Crippen molar-refractivity contribution in [1.82, 2.24) is 14.9 Å². The van der Waals surface area contributed by atoms with Crippen LogP contribution in [0.1, 0.15) is 24.4 Å². The summed E-state index contributed by atoms with van der Waals surface area (Å²) in [6.45, 7) is 3.05. The van der Waals surface area contributed by atoms with Gasteiger partial charge in [-0.25, -0.2) is 4.98 Å². The van der Waals surface area contributed by atoms with E-state index in [1.165, 1.54) is 18.4 Å². The van der Waals surface area contributed by atoms with Crippen LogP contribution in [0.3, 0.4) is 0 Å². The van der Waals surface area contributed by atoms with E-state index >= 15 is 0 Å². The first kappa shape index (κ1) is 17.5. The van der Waals surface area contributed by atoms with Gasteiger partial charge in [0.15, 0.2) is 0 Å². The van der Waals surface area contributed by atoms with Crippen LogP contribution in [0.4, 0.5) is 11.8 Å². The zero-order valence-corrected chi connectivity index (χ0v) is 15.3. The van der Waals surface area contributed by atoms with Gasteiger partial charge < -0.3 is 15.0 Å². The van der Waals surface area contributed by atoms with Gasteiger partial charge in [-0.05, 0) is 49.7 Å². The van der Waals surface area contributed by atoms with Gasteiger partial charge in [-0.3, -0.25) is 4.90 Å². The molecule has 1 saturated heterocycles. The Balaban J connectivity index is 1.74. The molecule has 6 nitrogen and oxygen atoms in total. The summed E-state index contributed by atoms with van der Waals surface area (Å²) in [6, 6.07) is 10.6. The number of methoxy groups -OCH3 is 1. The van der Waals surface area contributed by atoms with Crippen molar-refractivity contribution in [3.05, 3.63) is 42.1 Å². The molecule has 25 heavy (non-hydrogen) atoms. The molecule has 0 bridgehead atoms. The minimum absolute atomic E-state index is 0.306. The van der Waals surface area contributed by atoms with Crippen LogP contribution in [-0.4, -0.2) is 55.7 Å². The molecule has 1 fully saturated rings. The Morgan fingerprint density at radius 3 is 2.52 bits per heavy atom. The summed E-state index contributed by atoms with van der Waals surface area (Å²) in [5.74, 6) is 2.46. The molecule has 0 aliphatic carbocycles. The van der Waals surface area contributed by atoms with Crippen molar-refractivity contribution in [1.29, 1.82) is 0 Å². The second kappa shape index (κ2) is 8.16. The largest absolute Gasteiger partial charge is 0.497 e. The standard InChI is InChI=1S/C19H27N5O/c1-23(2)18-10-11-20-19(22-18)21-14-17(24-12-4-5-13-24)15-6-8-16(25-3)9-7-15/h6-11,17H,4-5,12-14H2,1-3H3,(H,20,21,22). The van der Waals surface area contributed by atoms with E-state index in [-0.39, 0.29) is 0 Å². The molecule has 1 atom stereocenters. The molecule has 6 heteroatoms. The number of ether oxygens (including phenoxy) is 1. The second-order valence-electron chi connectivity index (χ2n) is 6.55. The van der Waals surface area contributed by atoms with Gasteiger partial charge in [0.1, 0.15) is 11.6 Å². The van der Waals surface area contributed by atoms with Crippen LogP contribution in [0, 0.1) is 0 Å². The normalized spacial score (nSPS) is 15.8. The zero-order valence-electron chi connectivity index (χ0n) is 15.3. The molecule has 2 heterocycles. The Kier molecular flexibility index (Phi) is 5.71. The quantitative estimate of drug-likeness (QED) is 0.836. The van der Waals surface area contributed by atoms with Gasteiger partial charge in [-0.1, -0.05) is 12.1 Å². The number of nitrogens with one attached hydrogen (secondary N) is 1. The van der Waals surface area contributed by atoms with Crippen molar-refractivity contribution in [2.24, 2.45) is 0 Å². The Morgan fingerprint density at radius 1 is 1.16 bits per heavy atom. The lowest BCUT2D eigenvalue weighted by Gasteiger charge is -2.28. The maximum atomic E-state index is 5.29. The molecule has 134 valence electrons. The third kappa shape index (κ3) is 4.39. The number of hydrogen-bond acceptors (Lipinski definition) is 6. The van der Waals surface area contributed by atoms with Crippen LogP contribution in [-0.2, 0) is 0 Å². The van der Waals surface area contributed by atoms with Gasteiger partial charge in [-0.2, -0.15) is 4.98 Å². The van der Waals surface area contributed by atoms with Gasteiger partial charge in [-0.15, -0.1) is 0 Å². The molecule has 0 amide bonds. The summed E-state index contributed by atoms with van der Waals surface area (Å²) in [5, 5.41) is 3.42. The fourth-order valence-electron chi connectivity index (χ4n) is 3.21. The summed E-state index contributed by atoms with van der Waals surface area (Å²) in [7, 11) is 5.66. The lowest BCUT2D eigenvalue weighted by molar-refractivity contribution is 0.255. The highest BCUT2D eigenvalue weighted by atomic mass is 16.5. The lowest BCUT2D eigenvalue weighted by Crippen LogP contribution is -2.31. The second-order valence-corrected chi connectivity index (χ2v) is 6.55. The molecule has 1 aromatic carbocycles. The maximum Gasteiger partial charge on any atom is 0.224 e. The fourth-order valence-corrected chi connectivity index (χ4v) is 3.21. The summed E-state index contributed by atoms with van der Waals surface area (Å²) in [4.78, 5) is 13.4. The number of benzene rings is 1. The van der Waals surface area contributed by atoms with Crippen molar-refractivity contribution in [3.63, 3.8) is 0 Å². The molecule has 3 rings (SSSR count). The number of anilines is 2. The summed E-state index contributed by atoms with van der Waals surface area (Å²) < 4.78 is 5.29. The van der Waals surface area contributed by atoms with E-state index in [0.717, 1.165) is 31.2 Å². The van der Waals surface area contributed by atoms with Gasteiger partial charge in [0.05, 0.1) is 13.2 Å². The van der Waals surface area contributed by atoms with E-state index in [4.69, 9.17) is 4.74 Å². The molecular weight excluding hydrogens is 314 g/mol. The van der Waals surface area contributed by atoms with E-state index in [2.05, 4.69) is 32.3 Å². The first-order chi connectivity index (χ1) is 12.2. The lowest BCUT2D eigenvalue weighted by atomic mass is 10.1. The number of likely N-dealkylation sites (tertiary alicyclic amines) is 1. The Bertz CT molecular complexity index is 668. The van der Waals surface area contributed by atoms with Crippen LogP contribution in [0.15, 0.2) is 36.5 Å². The van der Waals surface area contributed by atoms with Crippen LogP contribution in [0.25, 0.3) is 0 Å². The highest BCUT2D eigenvalue weighted by Gasteiger charge is 2.23. The molecule has 0 spiro atoms. The molecule has 1 aliphatic heterocycles. The van der Waals surface area contributed by atoms with Crippen molar-refractivity contribution in [2.45, 2.75) is 18.9 Å². The fraction of sp³-hybridized carbons (Fsp3) is 0.474. The van der Waals surface area contributed by atoms with Gasteiger partial charge in [0, 0.05) is 26.8 Å². The molecule has 1 aromatic heterocycles. The smallest absolute Gasteiger partial charge is 0.224 e. The van der Waals surface area contributed by atoms with Gasteiger partial charge >= 0.3 is 0 Å². The molecule has 0 saturated carbocycles. The molecule has 1 N–H and O–H groups in total. The average Bonchev–Trinajstić information content (AvgIpc) is 3.17. The average molecular weight is 341 g/mol. The van der Waals surface area contributed by atoms with Crippen molar-refractivity contribution in [3.8, 4) is 5.75 Å². The SMILES string of the molecule is COc1ccc(C(CNc2nccc(N(C)C)n2)N2CCCC2)cc1. The first-order valence-electron chi connectivity index (χ1n) is 8.79. The van der Waals surface area contributed by atoms with Crippen LogP contribution in [0.2, 0.25) is 0 Å². The summed E-state index contributed by atoms with van der Waals surface area (Å²) in [5.41, 5.74) is 1.29. The maximum absolute atomic E-state index is 5.29. The van der Waals surface area contributed by atoms with E-state index in [0.29, 0.717) is 12.0 Å². The van der Waals surface area contributed by atoms with Crippen molar-refractivity contribution in [2.75, 3.05) is 51.1 Å². The highest BCUT2D eigenvalue weighted by Crippen LogP contribution is 2.27. The molecule has 2 aromatic rings. The Labute approximate surface area is 149 Å². The predicted octanol–water partition coefficient (Wildman–Crippen LogP) is 2.80. The number of nitrogens with zero attached hydrogens (tertiary/aromatic N) is 4. The minimum atomic E-state index is 0.306. The predicted molar refractivity (Wildman–Crippen MR) is 101 cm³/mol. The number of hydrogen-bond donors (Lipinski definition) is 1. The van der Waals surface area contributed by atoms with Crippen molar-refractivity contribution < 1.29 is 4.74 Å². The van der Waals surface area contributed by atoms with Crippen LogP contribution < -0.4 is 15.0 Å². The summed E-state index contributed by atoms with van der Waals surface area (Å²) in [6.07, 6.45) is 4.32. The number of aromatic nitrogens is 2. The molecular formula is C19H27N5O. The zero-order chi connectivity index (χ0) is 17.6. The third-order valence-corrected chi connectivity index (χ3v) is 4.63. The van der Waals surface area contributed by atoms with E-state index in [9.17, 15) is 0 Å². The third-order valence-electron chi connectivity index (χ3n) is 4.63. The monoisotopic (exact) mass is 341 g/mol. The van der Waals surface area contributed by atoms with E-state index in [1.807, 2.05) is 37.2 Å². The van der Waals surface area contributed by atoms with Crippen LogP contribution in [0.5, 0.6) is 5.75 Å². The minimum Gasteiger partial charge on any atom is -0.497 e. The summed E-state index contributed by atoms with van der Waals surface area (Å²) >= 11 is 0. The van der Waals surface area contributed by atoms with E-state index < -0.39 is 0 Å². The highest BCUT2D eigenvalue weighted by molar-refractivity contribution is 5.41. The van der Waals surface area contributed by atoms with Crippen LogP contribution >= 0.6 is 0 Å². The van der Waals surface area contributed by atoms with Gasteiger partial charge in [0.2, 0.25) is 5.95 Å². The van der Waals surface area contributed by atoms with Gasteiger partial charge in [0.25, 0.3) is 0 Å². The first-order valence-corrected chi connectivity index (χ1v) is 8.79. The molecule has 0 radical (unpaired) electrons. The topological polar surface area (TPSA) is 53.5 Å². The number of rotatable bonds is 7. The molecule has 1 aliphatic rings. The Hall–Kier alpha value is -2.34. The van der Waals surface area contributed by atoms with Crippen molar-refractivity contribution >= 4 is 11.8 Å². The van der Waals surface area contributed by atoms with E-state index in [1.54, 1.807) is 13.3 Å². The molecule has 1 unspecified atom stereocenters.